The molecule has 2 aliphatic rings. The van der Waals surface area contributed by atoms with Crippen LogP contribution in [0.5, 0.6) is 0 Å². The molecule has 2 bridgehead atoms. The number of fused-ring (bicyclic) bond motifs is 2. The second-order valence-electron chi connectivity index (χ2n) is 3.86. The van der Waals surface area contributed by atoms with Crippen LogP contribution in [0.3, 0.4) is 0 Å². The van der Waals surface area contributed by atoms with Gasteiger partial charge in [-0.2, -0.15) is 0 Å². The molecule has 0 aromatic heterocycles. The Hall–Kier alpha value is 0.910. The smallest absolute Gasteiger partial charge is 0.157 e. The number of halogens is 2. The number of sulfone groups is 1. The lowest BCUT2D eigenvalue weighted by atomic mass is 10.0. The Bertz CT molecular complexity index is 301. The molecule has 0 N–H and O–H groups in total. The molecule has 76 valence electrons. The van der Waals surface area contributed by atoms with E-state index in [-0.39, 0.29) is 15.3 Å². The standard InChI is InChI=1S/C8H12Br2O2S/c9-6-3-1-5-2-4-7(8(6)10)13(5,11)12/h5-8H,1-4H2/t5-,6-,7+,8-/m0/s1. The van der Waals surface area contributed by atoms with Gasteiger partial charge in [0.1, 0.15) is 0 Å². The van der Waals surface area contributed by atoms with Crippen molar-refractivity contribution >= 4 is 41.7 Å². The van der Waals surface area contributed by atoms with Gasteiger partial charge in [-0.3, -0.25) is 0 Å². The van der Waals surface area contributed by atoms with E-state index >= 15 is 0 Å². The van der Waals surface area contributed by atoms with E-state index in [0.717, 1.165) is 25.7 Å². The zero-order chi connectivity index (χ0) is 9.64. The lowest BCUT2D eigenvalue weighted by molar-refractivity contribution is 0.579. The fourth-order valence-electron chi connectivity index (χ4n) is 2.31. The summed E-state index contributed by atoms with van der Waals surface area (Å²) in [5.41, 5.74) is 0. The van der Waals surface area contributed by atoms with Crippen LogP contribution >= 0.6 is 31.9 Å². The molecule has 5 heteroatoms. The van der Waals surface area contributed by atoms with Crippen LogP contribution in [-0.4, -0.2) is 28.6 Å². The third-order valence-corrected chi connectivity index (χ3v) is 9.26. The molecule has 0 spiro atoms. The first-order valence-electron chi connectivity index (χ1n) is 4.54. The maximum absolute atomic E-state index is 11.9. The Morgan fingerprint density at radius 2 is 1.62 bits per heavy atom. The van der Waals surface area contributed by atoms with Crippen molar-refractivity contribution in [1.29, 1.82) is 0 Å². The molecule has 2 heterocycles. The number of alkyl halides is 2. The molecule has 0 radical (unpaired) electrons. The Morgan fingerprint density at radius 1 is 1.00 bits per heavy atom. The molecule has 2 saturated heterocycles. The molecule has 2 rings (SSSR count). The van der Waals surface area contributed by atoms with Gasteiger partial charge in [-0.25, -0.2) is 8.42 Å². The SMILES string of the molecule is O=S1(=O)[C@@H]2CC[C@@H]1[C@@H](Br)[C@@H](Br)CC2. The van der Waals surface area contributed by atoms with Crippen LogP contribution in [0.1, 0.15) is 25.7 Å². The summed E-state index contributed by atoms with van der Waals surface area (Å²) in [6.45, 7) is 0. The van der Waals surface area contributed by atoms with Crippen molar-refractivity contribution < 1.29 is 8.42 Å². The monoisotopic (exact) mass is 330 g/mol. The summed E-state index contributed by atoms with van der Waals surface area (Å²) >= 11 is 7.05. The maximum Gasteiger partial charge on any atom is 0.157 e. The van der Waals surface area contributed by atoms with Crippen molar-refractivity contribution in [2.75, 3.05) is 0 Å². The van der Waals surface area contributed by atoms with Gasteiger partial charge in [-0.1, -0.05) is 31.9 Å². The van der Waals surface area contributed by atoms with Crippen molar-refractivity contribution in [3.8, 4) is 0 Å². The normalized spacial score (nSPS) is 48.8. The van der Waals surface area contributed by atoms with Crippen molar-refractivity contribution in [2.24, 2.45) is 0 Å². The third kappa shape index (κ3) is 1.61. The van der Waals surface area contributed by atoms with Gasteiger partial charge < -0.3 is 0 Å². The van der Waals surface area contributed by atoms with Crippen LogP contribution in [0.4, 0.5) is 0 Å². The van der Waals surface area contributed by atoms with Gasteiger partial charge in [0.05, 0.1) is 10.5 Å². The van der Waals surface area contributed by atoms with E-state index in [1.54, 1.807) is 0 Å². The molecule has 13 heavy (non-hydrogen) atoms. The van der Waals surface area contributed by atoms with Gasteiger partial charge in [-0.15, -0.1) is 0 Å². The number of rotatable bonds is 0. The highest BCUT2D eigenvalue weighted by atomic mass is 79.9. The molecule has 0 amide bonds. The molecule has 4 atom stereocenters. The molecule has 2 fully saturated rings. The van der Waals surface area contributed by atoms with Gasteiger partial charge in [-0.05, 0) is 25.7 Å². The van der Waals surface area contributed by atoms with Crippen LogP contribution in [0.2, 0.25) is 0 Å². The molecular weight excluding hydrogens is 320 g/mol. The number of hydrogen-bond donors (Lipinski definition) is 0. The van der Waals surface area contributed by atoms with E-state index in [9.17, 15) is 8.42 Å². The van der Waals surface area contributed by atoms with Gasteiger partial charge in [0.15, 0.2) is 9.84 Å². The van der Waals surface area contributed by atoms with Crippen LogP contribution in [-0.2, 0) is 9.84 Å². The molecule has 2 aliphatic heterocycles. The van der Waals surface area contributed by atoms with Crippen molar-refractivity contribution in [1.82, 2.24) is 0 Å². The highest BCUT2D eigenvalue weighted by Gasteiger charge is 2.48. The van der Waals surface area contributed by atoms with Crippen molar-refractivity contribution in [2.45, 2.75) is 45.8 Å². The van der Waals surface area contributed by atoms with Gasteiger partial charge in [0.2, 0.25) is 0 Å². The van der Waals surface area contributed by atoms with E-state index in [0.29, 0.717) is 4.83 Å². The summed E-state index contributed by atoms with van der Waals surface area (Å²) in [6, 6.07) is 0. The summed E-state index contributed by atoms with van der Waals surface area (Å²) in [6.07, 6.45) is 3.51. The minimum Gasteiger partial charge on any atom is -0.228 e. The molecule has 0 saturated carbocycles. The summed E-state index contributed by atoms with van der Waals surface area (Å²) < 4.78 is 23.8. The van der Waals surface area contributed by atoms with Crippen molar-refractivity contribution in [3.05, 3.63) is 0 Å². The van der Waals surface area contributed by atoms with E-state index in [1.165, 1.54) is 0 Å². The quantitative estimate of drug-likeness (QED) is 0.638. The lowest BCUT2D eigenvalue weighted by Gasteiger charge is -2.19. The van der Waals surface area contributed by atoms with Crippen LogP contribution in [0, 0.1) is 0 Å². The topological polar surface area (TPSA) is 34.1 Å². The molecule has 0 aliphatic carbocycles. The minimum absolute atomic E-state index is 0.0555. The van der Waals surface area contributed by atoms with E-state index < -0.39 is 9.84 Å². The van der Waals surface area contributed by atoms with E-state index in [1.807, 2.05) is 0 Å². The molecule has 2 nitrogen and oxygen atoms in total. The predicted octanol–water partition coefficient (Wildman–Crippen LogP) is 2.25. The maximum atomic E-state index is 11.9. The Morgan fingerprint density at radius 3 is 2.31 bits per heavy atom. The average molecular weight is 332 g/mol. The van der Waals surface area contributed by atoms with Crippen molar-refractivity contribution in [3.63, 3.8) is 0 Å². The highest BCUT2D eigenvalue weighted by Crippen LogP contribution is 2.41. The third-order valence-electron chi connectivity index (χ3n) is 3.12. The Labute approximate surface area is 95.6 Å². The van der Waals surface area contributed by atoms with E-state index in [4.69, 9.17) is 0 Å². The van der Waals surface area contributed by atoms with Gasteiger partial charge in [0.25, 0.3) is 0 Å². The fourth-order valence-corrected chi connectivity index (χ4v) is 7.02. The second-order valence-corrected chi connectivity index (χ2v) is 8.55. The summed E-state index contributed by atoms with van der Waals surface area (Å²) in [5.74, 6) is 0. The number of hydrogen-bond acceptors (Lipinski definition) is 2. The zero-order valence-electron chi connectivity index (χ0n) is 7.12. The molecule has 0 unspecified atom stereocenters. The predicted molar refractivity (Wildman–Crippen MR) is 60.4 cm³/mol. The van der Waals surface area contributed by atoms with Gasteiger partial charge in [0, 0.05) is 9.65 Å². The first kappa shape index (κ1) is 10.4. The minimum atomic E-state index is -2.82. The van der Waals surface area contributed by atoms with Crippen LogP contribution < -0.4 is 0 Å². The molecular formula is C8H12Br2O2S. The average Bonchev–Trinajstić information content (AvgIpc) is 2.30. The second kappa shape index (κ2) is 3.49. The molecule has 0 aromatic rings. The zero-order valence-corrected chi connectivity index (χ0v) is 11.1. The van der Waals surface area contributed by atoms with Crippen LogP contribution in [0.15, 0.2) is 0 Å². The first-order chi connectivity index (χ1) is 6.03. The highest BCUT2D eigenvalue weighted by molar-refractivity contribution is 9.12. The van der Waals surface area contributed by atoms with E-state index in [2.05, 4.69) is 31.9 Å². The molecule has 0 aromatic carbocycles. The lowest BCUT2D eigenvalue weighted by Crippen LogP contribution is -2.31. The Balaban J connectivity index is 2.37. The fraction of sp³-hybridized carbons (Fsp3) is 1.00. The first-order valence-corrected chi connectivity index (χ1v) is 7.98. The Kier molecular flexibility index (Phi) is 2.80. The summed E-state index contributed by atoms with van der Waals surface area (Å²) in [7, 11) is -2.82. The summed E-state index contributed by atoms with van der Waals surface area (Å²) in [5, 5.41) is -0.204. The largest absolute Gasteiger partial charge is 0.228 e. The van der Waals surface area contributed by atoms with Crippen LogP contribution in [0.25, 0.3) is 0 Å². The summed E-state index contributed by atoms with van der Waals surface area (Å²) in [4.78, 5) is 0.419. The van der Waals surface area contributed by atoms with Gasteiger partial charge >= 0.3 is 0 Å².